The number of hydrogen-bond donors (Lipinski definition) is 1. The van der Waals surface area contributed by atoms with Crippen molar-refractivity contribution in [1.82, 2.24) is 0 Å². The van der Waals surface area contributed by atoms with Crippen molar-refractivity contribution < 1.29 is 14.2 Å². The summed E-state index contributed by atoms with van der Waals surface area (Å²) in [6.07, 6.45) is 1.18. The molecule has 14 heavy (non-hydrogen) atoms. The fourth-order valence-corrected chi connectivity index (χ4v) is 1.88. The Morgan fingerprint density at radius 1 is 1.50 bits per heavy atom. The Labute approximate surface area is 82.3 Å². The van der Waals surface area contributed by atoms with Crippen LogP contribution < -0.4 is 4.74 Å². The molecule has 76 valence electrons. The summed E-state index contributed by atoms with van der Waals surface area (Å²) < 4.78 is 17.2. The van der Waals surface area contributed by atoms with Crippen molar-refractivity contribution in [1.29, 1.82) is 0 Å². The second kappa shape index (κ2) is 3.96. The van der Waals surface area contributed by atoms with Crippen molar-refractivity contribution in [3.63, 3.8) is 0 Å². The number of rotatable bonds is 3. The smallest absolute Gasteiger partial charge is 0.123 e. The van der Waals surface area contributed by atoms with Crippen molar-refractivity contribution in [2.75, 3.05) is 13.3 Å². The molecule has 0 saturated heterocycles. The second-order valence-corrected chi connectivity index (χ2v) is 3.42. The van der Waals surface area contributed by atoms with Gasteiger partial charge < -0.3 is 9.84 Å². The van der Waals surface area contributed by atoms with Crippen molar-refractivity contribution in [3.8, 4) is 5.75 Å². The Bertz CT molecular complexity index is 325. The zero-order chi connectivity index (χ0) is 9.97. The predicted octanol–water partition coefficient (Wildman–Crippen LogP) is 2.01. The lowest BCUT2D eigenvalue weighted by atomic mass is 10.1. The highest BCUT2D eigenvalue weighted by atomic mass is 19.1. The molecular weight excluding hydrogens is 183 g/mol. The van der Waals surface area contributed by atoms with Crippen LogP contribution in [0.5, 0.6) is 5.75 Å². The summed E-state index contributed by atoms with van der Waals surface area (Å²) >= 11 is 0. The largest absolute Gasteiger partial charge is 0.491 e. The summed E-state index contributed by atoms with van der Waals surface area (Å²) in [4.78, 5) is 0. The Kier molecular flexibility index (Phi) is 2.68. The van der Waals surface area contributed by atoms with E-state index in [4.69, 9.17) is 4.74 Å². The molecule has 1 unspecified atom stereocenters. The minimum Gasteiger partial charge on any atom is -0.491 e. The molecule has 1 aliphatic rings. The lowest BCUT2D eigenvalue weighted by Crippen LogP contribution is -2.01. The van der Waals surface area contributed by atoms with E-state index in [1.807, 2.05) is 18.2 Å². The van der Waals surface area contributed by atoms with Crippen molar-refractivity contribution in [2.24, 2.45) is 0 Å². The zero-order valence-electron chi connectivity index (χ0n) is 7.87. The first-order chi connectivity index (χ1) is 6.83. The van der Waals surface area contributed by atoms with E-state index in [-0.39, 0.29) is 12.7 Å². The fourth-order valence-electron chi connectivity index (χ4n) is 1.88. The standard InChI is InChI=1S/C11H13FO2/c12-6-7-14-11-3-1-2-8-9(11)4-5-10(8)13/h1-3,10,13H,4-7H2. The number of ether oxygens (including phenoxy) is 1. The van der Waals surface area contributed by atoms with E-state index in [0.29, 0.717) is 0 Å². The van der Waals surface area contributed by atoms with E-state index >= 15 is 0 Å². The maximum Gasteiger partial charge on any atom is 0.123 e. The van der Waals surface area contributed by atoms with Gasteiger partial charge in [0.1, 0.15) is 19.0 Å². The maximum atomic E-state index is 11.9. The highest BCUT2D eigenvalue weighted by Gasteiger charge is 2.22. The van der Waals surface area contributed by atoms with Gasteiger partial charge in [0, 0.05) is 5.56 Å². The molecule has 2 rings (SSSR count). The third-order valence-corrected chi connectivity index (χ3v) is 2.53. The number of aliphatic hydroxyl groups excluding tert-OH is 1. The molecule has 0 aromatic heterocycles. The monoisotopic (exact) mass is 196 g/mol. The summed E-state index contributed by atoms with van der Waals surface area (Å²) in [6, 6.07) is 5.56. The Balaban J connectivity index is 2.25. The van der Waals surface area contributed by atoms with Gasteiger partial charge in [0.15, 0.2) is 0 Å². The van der Waals surface area contributed by atoms with Crippen molar-refractivity contribution >= 4 is 0 Å². The summed E-state index contributed by atoms with van der Waals surface area (Å²) in [6.45, 7) is -0.390. The minimum atomic E-state index is -0.480. The Morgan fingerprint density at radius 3 is 3.14 bits per heavy atom. The van der Waals surface area contributed by atoms with Gasteiger partial charge >= 0.3 is 0 Å². The molecule has 2 nitrogen and oxygen atoms in total. The van der Waals surface area contributed by atoms with E-state index in [1.54, 1.807) is 0 Å². The van der Waals surface area contributed by atoms with Crippen LogP contribution in [0.15, 0.2) is 18.2 Å². The Morgan fingerprint density at radius 2 is 2.36 bits per heavy atom. The molecule has 1 aromatic carbocycles. The number of aliphatic hydroxyl groups is 1. The average molecular weight is 196 g/mol. The molecule has 0 amide bonds. The number of fused-ring (bicyclic) bond motifs is 1. The molecule has 0 saturated carbocycles. The molecule has 1 aromatic rings. The van der Waals surface area contributed by atoms with Crippen LogP contribution in [0.2, 0.25) is 0 Å². The number of alkyl halides is 1. The molecule has 0 bridgehead atoms. The number of benzene rings is 1. The van der Waals surface area contributed by atoms with Gasteiger partial charge in [-0.3, -0.25) is 0 Å². The molecule has 0 fully saturated rings. The van der Waals surface area contributed by atoms with E-state index in [2.05, 4.69) is 0 Å². The van der Waals surface area contributed by atoms with Gasteiger partial charge in [0.2, 0.25) is 0 Å². The van der Waals surface area contributed by atoms with Gasteiger partial charge in [0.05, 0.1) is 6.10 Å². The molecular formula is C11H13FO2. The predicted molar refractivity (Wildman–Crippen MR) is 51.2 cm³/mol. The number of halogens is 1. The van der Waals surface area contributed by atoms with Crippen LogP contribution in [-0.4, -0.2) is 18.4 Å². The zero-order valence-corrected chi connectivity index (χ0v) is 7.87. The lowest BCUT2D eigenvalue weighted by Gasteiger charge is -2.09. The molecule has 1 N–H and O–H groups in total. The topological polar surface area (TPSA) is 29.5 Å². The summed E-state index contributed by atoms with van der Waals surface area (Å²) in [7, 11) is 0. The third kappa shape index (κ3) is 1.60. The first-order valence-corrected chi connectivity index (χ1v) is 4.81. The molecule has 0 heterocycles. The van der Waals surface area contributed by atoms with Crippen LogP contribution in [0.3, 0.4) is 0 Å². The molecule has 0 aliphatic heterocycles. The molecule has 1 atom stereocenters. The van der Waals surface area contributed by atoms with Crippen molar-refractivity contribution in [2.45, 2.75) is 18.9 Å². The summed E-state index contributed by atoms with van der Waals surface area (Å²) in [5.74, 6) is 0.719. The summed E-state index contributed by atoms with van der Waals surface area (Å²) in [5.41, 5.74) is 1.97. The van der Waals surface area contributed by atoms with E-state index in [0.717, 1.165) is 29.7 Å². The van der Waals surface area contributed by atoms with Gasteiger partial charge in [0.25, 0.3) is 0 Å². The normalized spacial score (nSPS) is 19.4. The van der Waals surface area contributed by atoms with E-state index < -0.39 is 6.67 Å². The maximum absolute atomic E-state index is 11.9. The van der Waals surface area contributed by atoms with Crippen LogP contribution in [0.25, 0.3) is 0 Å². The fraction of sp³-hybridized carbons (Fsp3) is 0.455. The van der Waals surface area contributed by atoms with Crippen LogP contribution in [-0.2, 0) is 6.42 Å². The second-order valence-electron chi connectivity index (χ2n) is 3.42. The Hall–Kier alpha value is -1.09. The average Bonchev–Trinajstić information content (AvgIpc) is 2.58. The molecule has 3 heteroatoms. The van der Waals surface area contributed by atoms with Crippen LogP contribution in [0.1, 0.15) is 23.7 Å². The van der Waals surface area contributed by atoms with Gasteiger partial charge in [-0.1, -0.05) is 12.1 Å². The first kappa shape index (κ1) is 9.46. The van der Waals surface area contributed by atoms with Crippen LogP contribution in [0, 0.1) is 0 Å². The van der Waals surface area contributed by atoms with E-state index in [9.17, 15) is 9.50 Å². The quantitative estimate of drug-likeness (QED) is 0.801. The minimum absolute atomic E-state index is 0.0898. The van der Waals surface area contributed by atoms with Gasteiger partial charge in [-0.25, -0.2) is 4.39 Å². The lowest BCUT2D eigenvalue weighted by molar-refractivity contribution is 0.180. The number of hydrogen-bond acceptors (Lipinski definition) is 2. The van der Waals surface area contributed by atoms with Crippen LogP contribution >= 0.6 is 0 Å². The van der Waals surface area contributed by atoms with Gasteiger partial charge in [-0.05, 0) is 24.5 Å². The third-order valence-electron chi connectivity index (χ3n) is 2.53. The molecule has 0 radical (unpaired) electrons. The highest BCUT2D eigenvalue weighted by Crippen LogP contribution is 2.36. The molecule has 0 spiro atoms. The van der Waals surface area contributed by atoms with Crippen LogP contribution in [0.4, 0.5) is 4.39 Å². The van der Waals surface area contributed by atoms with Crippen molar-refractivity contribution in [3.05, 3.63) is 29.3 Å². The van der Waals surface area contributed by atoms with Gasteiger partial charge in [-0.2, -0.15) is 0 Å². The SMILES string of the molecule is OC1CCc2c(OCCF)cccc21. The van der Waals surface area contributed by atoms with Gasteiger partial charge in [-0.15, -0.1) is 0 Å². The highest BCUT2D eigenvalue weighted by molar-refractivity contribution is 5.44. The van der Waals surface area contributed by atoms with E-state index in [1.165, 1.54) is 0 Å². The summed E-state index contributed by atoms with van der Waals surface area (Å²) in [5, 5.41) is 9.60. The molecule has 1 aliphatic carbocycles. The first-order valence-electron chi connectivity index (χ1n) is 4.81.